The second-order valence-electron chi connectivity index (χ2n) is 6.81. The van der Waals surface area contributed by atoms with Crippen LogP contribution in [0.2, 0.25) is 0 Å². The maximum Gasteiger partial charge on any atom is 0.255 e. The maximum atomic E-state index is 12.6. The zero-order valence-corrected chi connectivity index (χ0v) is 14.2. The van der Waals surface area contributed by atoms with E-state index >= 15 is 0 Å². The Balaban J connectivity index is 1.44. The number of hydrogen-bond acceptors (Lipinski definition) is 4. The van der Waals surface area contributed by atoms with Crippen LogP contribution in [0.3, 0.4) is 0 Å². The third-order valence-electron chi connectivity index (χ3n) is 5.17. The second-order valence-corrected chi connectivity index (χ2v) is 6.81. The first kappa shape index (κ1) is 15.3. The van der Waals surface area contributed by atoms with Crippen LogP contribution in [-0.4, -0.2) is 25.2 Å². The van der Waals surface area contributed by atoms with E-state index in [0.717, 1.165) is 48.3 Å². The summed E-state index contributed by atoms with van der Waals surface area (Å²) in [6.45, 7) is 0.978. The second kappa shape index (κ2) is 5.76. The third kappa shape index (κ3) is 2.41. The Labute approximate surface area is 150 Å². The van der Waals surface area contributed by atoms with Crippen LogP contribution < -0.4 is 19.7 Å². The van der Waals surface area contributed by atoms with Gasteiger partial charge in [-0.15, -0.1) is 0 Å². The minimum absolute atomic E-state index is 0.184. The van der Waals surface area contributed by atoms with Crippen LogP contribution in [0.4, 0.5) is 11.4 Å². The Morgan fingerprint density at radius 2 is 1.81 bits per heavy atom. The Kier molecular flexibility index (Phi) is 3.38. The monoisotopic (exact) mass is 350 g/mol. The topological polar surface area (TPSA) is 67.9 Å². The van der Waals surface area contributed by atoms with E-state index in [9.17, 15) is 9.59 Å². The molecule has 132 valence electrons. The lowest BCUT2D eigenvalue weighted by Crippen LogP contribution is -2.39. The lowest BCUT2D eigenvalue weighted by molar-refractivity contribution is -0.119. The highest BCUT2D eigenvalue weighted by atomic mass is 16.7. The molecule has 0 fully saturated rings. The summed E-state index contributed by atoms with van der Waals surface area (Å²) < 4.78 is 10.6. The highest BCUT2D eigenvalue weighted by Gasteiger charge is 2.29. The van der Waals surface area contributed by atoms with Gasteiger partial charge in [-0.3, -0.25) is 9.59 Å². The zero-order valence-electron chi connectivity index (χ0n) is 14.2. The van der Waals surface area contributed by atoms with Crippen LogP contribution >= 0.6 is 0 Å². The Morgan fingerprint density at radius 3 is 2.69 bits per heavy atom. The summed E-state index contributed by atoms with van der Waals surface area (Å²) in [4.78, 5) is 26.7. The molecule has 2 aromatic carbocycles. The minimum atomic E-state index is -0.185. The number of anilines is 2. The summed E-state index contributed by atoms with van der Waals surface area (Å²) in [6.07, 6.45) is 3.15. The van der Waals surface area contributed by atoms with E-state index in [2.05, 4.69) is 5.32 Å². The summed E-state index contributed by atoms with van der Waals surface area (Å²) in [5.74, 6) is 1.27. The Hall–Kier alpha value is -3.02. The molecule has 0 saturated heterocycles. The molecule has 0 aliphatic carbocycles. The molecule has 3 heterocycles. The van der Waals surface area contributed by atoms with Gasteiger partial charge in [0.1, 0.15) is 0 Å². The van der Waals surface area contributed by atoms with Crippen LogP contribution in [0.1, 0.15) is 34.3 Å². The molecule has 3 aliphatic heterocycles. The van der Waals surface area contributed by atoms with E-state index in [1.54, 1.807) is 18.2 Å². The van der Waals surface area contributed by atoms with Crippen molar-refractivity contribution in [2.24, 2.45) is 0 Å². The van der Waals surface area contributed by atoms with Crippen LogP contribution in [-0.2, 0) is 17.6 Å². The van der Waals surface area contributed by atoms with Gasteiger partial charge in [0.2, 0.25) is 12.7 Å². The van der Waals surface area contributed by atoms with E-state index in [-0.39, 0.29) is 18.6 Å². The number of carbonyl (C=O) groups excluding carboxylic acids is 2. The quantitative estimate of drug-likeness (QED) is 0.904. The summed E-state index contributed by atoms with van der Waals surface area (Å²) in [6, 6.07) is 9.16. The standard InChI is InChI=1S/C20H18N2O4/c23-18-6-4-13-9-15(8-12-2-1-7-22(18)19(12)13)21-20(24)14-3-5-16-17(10-14)26-11-25-16/h3,5,8-10H,1-2,4,6-7,11H2,(H,21,24). The molecule has 6 heteroatoms. The molecule has 26 heavy (non-hydrogen) atoms. The van der Waals surface area contributed by atoms with E-state index in [4.69, 9.17) is 9.47 Å². The predicted molar refractivity (Wildman–Crippen MR) is 96.0 cm³/mol. The molecular weight excluding hydrogens is 332 g/mol. The number of amides is 2. The van der Waals surface area contributed by atoms with Crippen LogP contribution in [0.25, 0.3) is 0 Å². The average Bonchev–Trinajstić information content (AvgIpc) is 3.12. The van der Waals surface area contributed by atoms with Crippen molar-refractivity contribution in [3.8, 4) is 11.5 Å². The Morgan fingerprint density at radius 1 is 1.00 bits per heavy atom. The molecule has 0 unspecified atom stereocenters. The minimum Gasteiger partial charge on any atom is -0.454 e. The molecular formula is C20H18N2O4. The lowest BCUT2D eigenvalue weighted by atomic mass is 9.91. The van der Waals surface area contributed by atoms with Crippen LogP contribution in [0, 0.1) is 0 Å². The SMILES string of the molecule is O=C(Nc1cc2c3c(c1)CCC(=O)N3CCC2)c1ccc2c(c1)OCO2. The molecule has 2 aromatic rings. The van der Waals surface area contributed by atoms with Crippen molar-refractivity contribution < 1.29 is 19.1 Å². The number of nitrogens with one attached hydrogen (secondary N) is 1. The highest BCUT2D eigenvalue weighted by molar-refractivity contribution is 6.05. The van der Waals surface area contributed by atoms with Crippen molar-refractivity contribution in [2.75, 3.05) is 23.6 Å². The number of fused-ring (bicyclic) bond motifs is 1. The van der Waals surface area contributed by atoms with Gasteiger partial charge >= 0.3 is 0 Å². The van der Waals surface area contributed by atoms with Crippen LogP contribution in [0.5, 0.6) is 11.5 Å². The molecule has 5 rings (SSSR count). The number of aryl methyl sites for hydroxylation is 2. The van der Waals surface area contributed by atoms with Crippen molar-refractivity contribution in [3.63, 3.8) is 0 Å². The van der Waals surface area contributed by atoms with Gasteiger partial charge in [0.05, 0.1) is 5.69 Å². The summed E-state index contributed by atoms with van der Waals surface area (Å²) in [7, 11) is 0. The average molecular weight is 350 g/mol. The fourth-order valence-corrected chi connectivity index (χ4v) is 3.97. The summed E-state index contributed by atoms with van der Waals surface area (Å²) in [5, 5.41) is 2.99. The largest absolute Gasteiger partial charge is 0.454 e. The van der Waals surface area contributed by atoms with Gasteiger partial charge in [-0.25, -0.2) is 0 Å². The fraction of sp³-hybridized carbons (Fsp3) is 0.300. The lowest BCUT2D eigenvalue weighted by Gasteiger charge is -2.35. The first-order valence-electron chi connectivity index (χ1n) is 8.86. The van der Waals surface area contributed by atoms with Crippen molar-refractivity contribution in [3.05, 3.63) is 47.0 Å². The van der Waals surface area contributed by atoms with Gasteiger partial charge in [0, 0.05) is 24.2 Å². The van der Waals surface area contributed by atoms with E-state index in [0.29, 0.717) is 23.5 Å². The highest BCUT2D eigenvalue weighted by Crippen LogP contribution is 2.38. The zero-order chi connectivity index (χ0) is 17.7. The summed E-state index contributed by atoms with van der Waals surface area (Å²) >= 11 is 0. The normalized spacial score (nSPS) is 17.1. The molecule has 6 nitrogen and oxygen atoms in total. The van der Waals surface area contributed by atoms with Gasteiger partial charge in [0.15, 0.2) is 11.5 Å². The van der Waals surface area contributed by atoms with Gasteiger partial charge in [-0.05, 0) is 60.7 Å². The van der Waals surface area contributed by atoms with Crippen molar-refractivity contribution in [1.82, 2.24) is 0 Å². The number of hydrogen-bond donors (Lipinski definition) is 1. The van der Waals surface area contributed by atoms with E-state index in [1.165, 1.54) is 0 Å². The third-order valence-corrected chi connectivity index (χ3v) is 5.17. The van der Waals surface area contributed by atoms with Crippen molar-refractivity contribution >= 4 is 23.2 Å². The number of carbonyl (C=O) groups is 2. The molecule has 0 atom stereocenters. The van der Waals surface area contributed by atoms with Crippen molar-refractivity contribution in [2.45, 2.75) is 25.7 Å². The molecule has 0 saturated carbocycles. The van der Waals surface area contributed by atoms with Crippen molar-refractivity contribution in [1.29, 1.82) is 0 Å². The molecule has 0 bridgehead atoms. The molecule has 3 aliphatic rings. The number of nitrogens with zero attached hydrogens (tertiary/aromatic N) is 1. The first-order valence-corrected chi connectivity index (χ1v) is 8.86. The number of ether oxygens (including phenoxy) is 2. The number of rotatable bonds is 2. The first-order chi connectivity index (χ1) is 12.7. The maximum absolute atomic E-state index is 12.6. The predicted octanol–water partition coefficient (Wildman–Crippen LogP) is 2.89. The molecule has 1 N–H and O–H groups in total. The summed E-state index contributed by atoms with van der Waals surface area (Å²) in [5.41, 5.74) is 4.65. The number of benzene rings is 2. The van der Waals surface area contributed by atoms with Gasteiger partial charge in [-0.1, -0.05) is 0 Å². The molecule has 0 aromatic heterocycles. The van der Waals surface area contributed by atoms with E-state index < -0.39 is 0 Å². The molecule has 2 amide bonds. The molecule has 0 spiro atoms. The van der Waals surface area contributed by atoms with Gasteiger partial charge in [0.25, 0.3) is 5.91 Å². The fourth-order valence-electron chi connectivity index (χ4n) is 3.97. The Bertz CT molecular complexity index is 920. The van der Waals surface area contributed by atoms with Crippen LogP contribution in [0.15, 0.2) is 30.3 Å². The molecule has 0 radical (unpaired) electrons. The van der Waals surface area contributed by atoms with Gasteiger partial charge in [-0.2, -0.15) is 0 Å². The smallest absolute Gasteiger partial charge is 0.255 e. The van der Waals surface area contributed by atoms with E-state index in [1.807, 2.05) is 17.0 Å². The van der Waals surface area contributed by atoms with Gasteiger partial charge < -0.3 is 19.7 Å².